The van der Waals surface area contributed by atoms with E-state index in [0.29, 0.717) is 17.9 Å². The maximum absolute atomic E-state index is 12.3. The Morgan fingerprint density at radius 3 is 2.26 bits per heavy atom. The van der Waals surface area contributed by atoms with Gasteiger partial charge in [0.1, 0.15) is 0 Å². The Hall–Kier alpha value is -2.70. The molecular formula is C20H24ClN5O. The van der Waals surface area contributed by atoms with E-state index in [-0.39, 0.29) is 18.3 Å². The van der Waals surface area contributed by atoms with Crippen LogP contribution in [0.4, 0.5) is 0 Å². The van der Waals surface area contributed by atoms with Gasteiger partial charge in [-0.15, -0.1) is 17.5 Å². The van der Waals surface area contributed by atoms with Crippen LogP contribution in [0.5, 0.6) is 0 Å². The maximum atomic E-state index is 12.3. The van der Waals surface area contributed by atoms with Gasteiger partial charge in [-0.1, -0.05) is 47.7 Å². The molecule has 2 aromatic carbocycles. The SMILES string of the molecule is Cc1c(C(=O)NCC(C)(C)N)nnn1-c1ccc(-c2ccccc2)cc1.Cl. The number of benzene rings is 2. The molecule has 3 rings (SSSR count). The van der Waals surface area contributed by atoms with Crippen molar-refractivity contribution >= 4 is 18.3 Å². The van der Waals surface area contributed by atoms with Crippen molar-refractivity contribution in [2.45, 2.75) is 26.3 Å². The summed E-state index contributed by atoms with van der Waals surface area (Å²) in [6, 6.07) is 18.1. The fourth-order valence-corrected chi connectivity index (χ4v) is 2.60. The van der Waals surface area contributed by atoms with Crippen LogP contribution in [-0.2, 0) is 0 Å². The third-order valence-corrected chi connectivity index (χ3v) is 4.03. The van der Waals surface area contributed by atoms with E-state index in [4.69, 9.17) is 5.73 Å². The average molecular weight is 386 g/mol. The number of carbonyl (C=O) groups is 1. The van der Waals surface area contributed by atoms with Crippen molar-refractivity contribution in [1.29, 1.82) is 0 Å². The van der Waals surface area contributed by atoms with Gasteiger partial charge in [0.2, 0.25) is 0 Å². The summed E-state index contributed by atoms with van der Waals surface area (Å²) in [5, 5.41) is 11.0. The number of nitrogens with zero attached hydrogens (tertiary/aromatic N) is 3. The topological polar surface area (TPSA) is 85.8 Å². The van der Waals surface area contributed by atoms with Crippen LogP contribution in [0.15, 0.2) is 54.6 Å². The van der Waals surface area contributed by atoms with E-state index in [0.717, 1.165) is 16.8 Å². The molecule has 0 saturated heterocycles. The molecule has 0 fully saturated rings. The standard InChI is InChI=1S/C20H23N5O.ClH/c1-14-18(19(26)22-13-20(2,3)21)23-24-25(14)17-11-9-16(10-12-17)15-7-5-4-6-8-15;/h4-12H,13,21H2,1-3H3,(H,22,26);1H. The van der Waals surface area contributed by atoms with Crippen molar-refractivity contribution in [2.24, 2.45) is 5.73 Å². The molecule has 0 saturated carbocycles. The smallest absolute Gasteiger partial charge is 0.273 e. The lowest BCUT2D eigenvalue weighted by atomic mass is 10.1. The van der Waals surface area contributed by atoms with Gasteiger partial charge in [0, 0.05) is 12.1 Å². The number of carbonyl (C=O) groups excluding carboxylic acids is 1. The third-order valence-electron chi connectivity index (χ3n) is 4.03. The van der Waals surface area contributed by atoms with Gasteiger partial charge < -0.3 is 11.1 Å². The van der Waals surface area contributed by atoms with E-state index in [1.54, 1.807) is 4.68 Å². The van der Waals surface area contributed by atoms with Gasteiger partial charge in [0.25, 0.3) is 5.91 Å². The van der Waals surface area contributed by atoms with Crippen molar-refractivity contribution in [2.75, 3.05) is 6.54 Å². The molecule has 0 bridgehead atoms. The maximum Gasteiger partial charge on any atom is 0.273 e. The molecule has 7 heteroatoms. The molecule has 27 heavy (non-hydrogen) atoms. The zero-order valence-electron chi connectivity index (χ0n) is 15.6. The molecule has 0 spiro atoms. The molecule has 142 valence electrons. The van der Waals surface area contributed by atoms with Crippen molar-refractivity contribution < 1.29 is 4.79 Å². The quantitative estimate of drug-likeness (QED) is 0.706. The summed E-state index contributed by atoms with van der Waals surface area (Å²) in [7, 11) is 0. The highest BCUT2D eigenvalue weighted by molar-refractivity contribution is 5.93. The van der Waals surface area contributed by atoms with Crippen molar-refractivity contribution in [3.8, 4) is 16.8 Å². The Morgan fingerprint density at radius 1 is 1.07 bits per heavy atom. The van der Waals surface area contributed by atoms with Crippen LogP contribution in [-0.4, -0.2) is 33.0 Å². The number of hydrogen-bond donors (Lipinski definition) is 2. The molecule has 6 nitrogen and oxygen atoms in total. The first-order valence-corrected chi connectivity index (χ1v) is 8.50. The Morgan fingerprint density at radius 2 is 1.67 bits per heavy atom. The fraction of sp³-hybridized carbons (Fsp3) is 0.250. The summed E-state index contributed by atoms with van der Waals surface area (Å²) in [6.07, 6.45) is 0. The summed E-state index contributed by atoms with van der Waals surface area (Å²) >= 11 is 0. The van der Waals surface area contributed by atoms with E-state index in [9.17, 15) is 4.79 Å². The predicted molar refractivity (Wildman–Crippen MR) is 109 cm³/mol. The second-order valence-corrected chi connectivity index (χ2v) is 7.02. The second kappa shape index (κ2) is 8.33. The van der Waals surface area contributed by atoms with Crippen LogP contribution in [0.25, 0.3) is 16.8 Å². The first kappa shape index (κ1) is 20.6. The molecule has 3 aromatic rings. The molecule has 1 heterocycles. The number of nitrogens with two attached hydrogens (primary N) is 1. The van der Waals surface area contributed by atoms with E-state index >= 15 is 0 Å². The number of rotatable bonds is 5. The lowest BCUT2D eigenvalue weighted by molar-refractivity contribution is 0.0940. The highest BCUT2D eigenvalue weighted by atomic mass is 35.5. The van der Waals surface area contributed by atoms with Gasteiger partial charge in [-0.3, -0.25) is 4.79 Å². The second-order valence-electron chi connectivity index (χ2n) is 7.02. The minimum atomic E-state index is -0.479. The summed E-state index contributed by atoms with van der Waals surface area (Å²) in [4.78, 5) is 12.3. The van der Waals surface area contributed by atoms with Crippen molar-refractivity contribution in [1.82, 2.24) is 20.3 Å². The predicted octanol–water partition coefficient (Wildman–Crippen LogP) is 3.13. The van der Waals surface area contributed by atoms with Gasteiger partial charge in [-0.05, 0) is 44.0 Å². The van der Waals surface area contributed by atoms with Crippen molar-refractivity contribution in [3.63, 3.8) is 0 Å². The van der Waals surface area contributed by atoms with E-state index in [2.05, 4.69) is 27.8 Å². The summed E-state index contributed by atoms with van der Waals surface area (Å²) in [5.74, 6) is -0.270. The summed E-state index contributed by atoms with van der Waals surface area (Å²) in [6.45, 7) is 5.90. The Labute approximate surface area is 165 Å². The molecule has 0 aliphatic carbocycles. The minimum Gasteiger partial charge on any atom is -0.349 e. The van der Waals surface area contributed by atoms with Crippen LogP contribution >= 0.6 is 12.4 Å². The van der Waals surface area contributed by atoms with Gasteiger partial charge >= 0.3 is 0 Å². The number of aromatic nitrogens is 3. The summed E-state index contributed by atoms with van der Waals surface area (Å²) in [5.41, 5.74) is 9.54. The van der Waals surface area contributed by atoms with Gasteiger partial charge in [-0.25, -0.2) is 4.68 Å². The summed E-state index contributed by atoms with van der Waals surface area (Å²) < 4.78 is 1.66. The van der Waals surface area contributed by atoms with E-state index in [1.807, 2.05) is 63.2 Å². The first-order valence-electron chi connectivity index (χ1n) is 8.50. The Bertz CT molecular complexity index is 898. The van der Waals surface area contributed by atoms with Crippen LogP contribution < -0.4 is 11.1 Å². The van der Waals surface area contributed by atoms with Crippen LogP contribution in [0.2, 0.25) is 0 Å². The molecule has 1 aromatic heterocycles. The molecule has 3 N–H and O–H groups in total. The number of amides is 1. The molecule has 0 atom stereocenters. The van der Waals surface area contributed by atoms with Crippen LogP contribution in [0.1, 0.15) is 30.0 Å². The molecule has 1 amide bonds. The van der Waals surface area contributed by atoms with Crippen LogP contribution in [0.3, 0.4) is 0 Å². The normalized spacial score (nSPS) is 11.0. The molecule has 0 aliphatic rings. The number of nitrogens with one attached hydrogen (secondary N) is 1. The van der Waals surface area contributed by atoms with Gasteiger partial charge in [-0.2, -0.15) is 0 Å². The molecule has 0 unspecified atom stereocenters. The largest absolute Gasteiger partial charge is 0.349 e. The lowest BCUT2D eigenvalue weighted by Crippen LogP contribution is -2.45. The molecular weight excluding hydrogens is 362 g/mol. The monoisotopic (exact) mass is 385 g/mol. The highest BCUT2D eigenvalue weighted by Gasteiger charge is 2.19. The van der Waals surface area contributed by atoms with Gasteiger partial charge in [0.05, 0.1) is 11.4 Å². The van der Waals surface area contributed by atoms with Crippen molar-refractivity contribution in [3.05, 3.63) is 66.0 Å². The molecule has 0 radical (unpaired) electrons. The first-order chi connectivity index (χ1) is 12.3. The highest BCUT2D eigenvalue weighted by Crippen LogP contribution is 2.21. The Kier molecular flexibility index (Phi) is 6.36. The Balaban J connectivity index is 0.00000261. The average Bonchev–Trinajstić information content (AvgIpc) is 3.01. The number of halogens is 1. The van der Waals surface area contributed by atoms with Gasteiger partial charge in [0.15, 0.2) is 5.69 Å². The lowest BCUT2D eigenvalue weighted by Gasteiger charge is -2.18. The minimum absolute atomic E-state index is 0. The fourth-order valence-electron chi connectivity index (χ4n) is 2.60. The molecule has 0 aliphatic heterocycles. The number of hydrogen-bond acceptors (Lipinski definition) is 4. The van der Waals surface area contributed by atoms with E-state index in [1.165, 1.54) is 0 Å². The zero-order valence-corrected chi connectivity index (χ0v) is 16.5. The van der Waals surface area contributed by atoms with Crippen LogP contribution in [0, 0.1) is 6.92 Å². The van der Waals surface area contributed by atoms with E-state index < -0.39 is 5.54 Å². The third kappa shape index (κ3) is 4.93. The zero-order chi connectivity index (χ0) is 18.7.